The highest BCUT2D eigenvalue weighted by molar-refractivity contribution is 6.30. The number of fused-ring (bicyclic) bond motifs is 1. The number of benzene rings is 2. The number of nitrogens with one attached hydrogen (secondary N) is 1. The lowest BCUT2D eigenvalue weighted by molar-refractivity contribution is 0.273. The Morgan fingerprint density at radius 3 is 2.72 bits per heavy atom. The van der Waals surface area contributed by atoms with E-state index in [4.69, 9.17) is 11.6 Å². The number of aromatic nitrogens is 2. The van der Waals surface area contributed by atoms with Gasteiger partial charge in [-0.25, -0.2) is 0 Å². The molecule has 1 atom stereocenters. The smallest absolute Gasteiger partial charge is 0.149 e. The molecule has 5 nitrogen and oxygen atoms in total. The van der Waals surface area contributed by atoms with Crippen molar-refractivity contribution in [3.8, 4) is 0 Å². The van der Waals surface area contributed by atoms with Crippen LogP contribution in [-0.2, 0) is 7.05 Å². The average molecular weight is 411 g/mol. The number of halogens is 1. The minimum Gasteiger partial charge on any atom is -0.409 e. The molecule has 1 aliphatic rings. The minimum atomic E-state index is 0.153. The first-order valence-electron chi connectivity index (χ1n) is 10.2. The zero-order valence-corrected chi connectivity index (χ0v) is 17.6. The maximum atomic E-state index is 9.57. The fourth-order valence-corrected chi connectivity index (χ4v) is 4.75. The van der Waals surface area contributed by atoms with Gasteiger partial charge in [-0.05, 0) is 73.4 Å². The van der Waals surface area contributed by atoms with Crippen molar-refractivity contribution >= 4 is 34.0 Å². The molecule has 0 amide bonds. The number of hydrogen-bond acceptors (Lipinski definition) is 3. The van der Waals surface area contributed by atoms with Gasteiger partial charge in [0, 0.05) is 29.1 Å². The molecule has 0 saturated heterocycles. The topological polar surface area (TPSA) is 62.4 Å². The molecule has 2 aromatic carbocycles. The summed E-state index contributed by atoms with van der Waals surface area (Å²) in [5.41, 5.74) is 3.42. The predicted octanol–water partition coefficient (Wildman–Crippen LogP) is 6.04. The first-order valence-corrected chi connectivity index (χ1v) is 10.6. The van der Waals surface area contributed by atoms with Crippen molar-refractivity contribution in [2.24, 2.45) is 24.0 Å². The van der Waals surface area contributed by atoms with Crippen LogP contribution in [0.15, 0.2) is 53.8 Å². The normalized spacial score (nSPS) is 21.3. The molecule has 4 rings (SSSR count). The van der Waals surface area contributed by atoms with Crippen LogP contribution in [0.25, 0.3) is 10.9 Å². The van der Waals surface area contributed by atoms with Gasteiger partial charge in [-0.2, -0.15) is 5.10 Å². The summed E-state index contributed by atoms with van der Waals surface area (Å²) in [4.78, 5) is 0. The van der Waals surface area contributed by atoms with Gasteiger partial charge in [-0.1, -0.05) is 35.8 Å². The fraction of sp³-hybridized carbons (Fsp3) is 0.391. The maximum Gasteiger partial charge on any atom is 0.149 e. The summed E-state index contributed by atoms with van der Waals surface area (Å²) in [5.74, 6) is 1.83. The summed E-state index contributed by atoms with van der Waals surface area (Å²) in [6.45, 7) is 2.14. The van der Waals surface area contributed by atoms with Crippen LogP contribution in [0.4, 0.5) is 5.69 Å². The van der Waals surface area contributed by atoms with Crippen LogP contribution in [0.2, 0.25) is 5.02 Å². The molecule has 3 aromatic rings. The Labute approximate surface area is 176 Å². The number of hydrogen-bond donors (Lipinski definition) is 2. The molecule has 6 heteroatoms. The quantitative estimate of drug-likeness (QED) is 0.238. The number of oxime groups is 1. The van der Waals surface area contributed by atoms with E-state index in [1.165, 1.54) is 16.5 Å². The molecular weight excluding hydrogens is 384 g/mol. The molecule has 1 unspecified atom stereocenters. The molecular formula is C23H27ClN4O. The van der Waals surface area contributed by atoms with Gasteiger partial charge in [0.25, 0.3) is 0 Å². The van der Waals surface area contributed by atoms with Crippen molar-refractivity contribution in [1.82, 2.24) is 9.78 Å². The Morgan fingerprint density at radius 1 is 1.21 bits per heavy atom. The number of aryl methyl sites for hydroxylation is 1. The Kier molecular flexibility index (Phi) is 5.76. The van der Waals surface area contributed by atoms with Gasteiger partial charge < -0.3 is 10.5 Å². The second kappa shape index (κ2) is 8.46. The zero-order chi connectivity index (χ0) is 20.4. The van der Waals surface area contributed by atoms with E-state index in [0.29, 0.717) is 22.7 Å². The molecule has 29 heavy (non-hydrogen) atoms. The largest absolute Gasteiger partial charge is 0.409 e. The van der Waals surface area contributed by atoms with Crippen LogP contribution in [0.3, 0.4) is 0 Å². The third-order valence-electron chi connectivity index (χ3n) is 6.36. The summed E-state index contributed by atoms with van der Waals surface area (Å²) in [5, 5.41) is 22.6. The first kappa shape index (κ1) is 19.8. The first-order chi connectivity index (χ1) is 14.0. The second-order valence-corrected chi connectivity index (χ2v) is 8.54. The average Bonchev–Trinajstić information content (AvgIpc) is 3.12. The summed E-state index contributed by atoms with van der Waals surface area (Å²) >= 11 is 6.06. The van der Waals surface area contributed by atoms with E-state index in [9.17, 15) is 5.21 Å². The van der Waals surface area contributed by atoms with Gasteiger partial charge in [0.05, 0.1) is 11.7 Å². The zero-order valence-electron chi connectivity index (χ0n) is 16.8. The van der Waals surface area contributed by atoms with Crippen molar-refractivity contribution in [1.29, 1.82) is 0 Å². The molecule has 1 aliphatic carbocycles. The molecule has 1 aromatic heterocycles. The van der Waals surface area contributed by atoms with E-state index < -0.39 is 0 Å². The standard InChI is InChI=1S/C23H27ClN4O/c1-15(23(27-29)26-21-5-3-4-20(24)13-21)16-6-8-17(9-7-16)18-10-11-22-19(12-18)14-25-28(22)2/h3-5,10-17,29H,6-9H2,1-2H3,(H,26,27). The fourth-order valence-electron chi connectivity index (χ4n) is 4.56. The van der Waals surface area contributed by atoms with E-state index in [0.717, 1.165) is 31.4 Å². The van der Waals surface area contributed by atoms with Gasteiger partial charge in [-0.3, -0.25) is 4.68 Å². The van der Waals surface area contributed by atoms with Crippen LogP contribution in [0, 0.1) is 11.8 Å². The second-order valence-electron chi connectivity index (χ2n) is 8.11. The van der Waals surface area contributed by atoms with Crippen LogP contribution in [-0.4, -0.2) is 20.8 Å². The minimum absolute atomic E-state index is 0.153. The van der Waals surface area contributed by atoms with Crippen LogP contribution in [0.1, 0.15) is 44.1 Å². The van der Waals surface area contributed by atoms with E-state index >= 15 is 0 Å². The van der Waals surface area contributed by atoms with Crippen molar-refractivity contribution in [3.05, 3.63) is 59.2 Å². The van der Waals surface area contributed by atoms with Crippen molar-refractivity contribution in [2.75, 3.05) is 5.32 Å². The highest BCUT2D eigenvalue weighted by Gasteiger charge is 2.29. The maximum absolute atomic E-state index is 9.57. The Bertz CT molecular complexity index is 1020. The Balaban J connectivity index is 1.39. The van der Waals surface area contributed by atoms with Gasteiger partial charge >= 0.3 is 0 Å². The molecule has 2 N–H and O–H groups in total. The molecule has 1 saturated carbocycles. The highest BCUT2D eigenvalue weighted by atomic mass is 35.5. The molecule has 0 radical (unpaired) electrons. The molecule has 0 aliphatic heterocycles. The lowest BCUT2D eigenvalue weighted by Crippen LogP contribution is -2.30. The van der Waals surface area contributed by atoms with E-state index in [2.05, 4.69) is 40.7 Å². The van der Waals surface area contributed by atoms with Gasteiger partial charge in [0.2, 0.25) is 0 Å². The van der Waals surface area contributed by atoms with Crippen LogP contribution in [0.5, 0.6) is 0 Å². The summed E-state index contributed by atoms with van der Waals surface area (Å²) < 4.78 is 1.92. The Morgan fingerprint density at radius 2 is 2.00 bits per heavy atom. The number of amidine groups is 1. The highest BCUT2D eigenvalue weighted by Crippen LogP contribution is 2.39. The monoisotopic (exact) mass is 410 g/mol. The van der Waals surface area contributed by atoms with E-state index in [1.807, 2.05) is 42.2 Å². The lowest BCUT2D eigenvalue weighted by Gasteiger charge is -2.33. The lowest BCUT2D eigenvalue weighted by atomic mass is 9.74. The molecule has 1 heterocycles. The van der Waals surface area contributed by atoms with Gasteiger partial charge in [0.15, 0.2) is 0 Å². The van der Waals surface area contributed by atoms with E-state index in [1.54, 1.807) is 0 Å². The van der Waals surface area contributed by atoms with E-state index in [-0.39, 0.29) is 5.92 Å². The number of anilines is 1. The molecule has 0 bridgehead atoms. The predicted molar refractivity (Wildman–Crippen MR) is 119 cm³/mol. The van der Waals surface area contributed by atoms with Crippen molar-refractivity contribution in [3.63, 3.8) is 0 Å². The van der Waals surface area contributed by atoms with Crippen LogP contribution >= 0.6 is 11.6 Å². The van der Waals surface area contributed by atoms with Crippen molar-refractivity contribution < 1.29 is 5.21 Å². The third-order valence-corrected chi connectivity index (χ3v) is 6.59. The summed E-state index contributed by atoms with van der Waals surface area (Å²) in [6, 6.07) is 14.2. The SMILES string of the molecule is CC(/C(=N/O)Nc1cccc(Cl)c1)C1CCC(c2ccc3c(cnn3C)c2)CC1. The summed E-state index contributed by atoms with van der Waals surface area (Å²) in [7, 11) is 1.98. The molecule has 152 valence electrons. The van der Waals surface area contributed by atoms with Gasteiger partial charge in [-0.15, -0.1) is 0 Å². The number of nitrogens with zero attached hydrogens (tertiary/aromatic N) is 3. The molecule has 1 fully saturated rings. The van der Waals surface area contributed by atoms with Crippen LogP contribution < -0.4 is 5.32 Å². The van der Waals surface area contributed by atoms with Gasteiger partial charge in [0.1, 0.15) is 5.84 Å². The Hall–Kier alpha value is -2.53. The third kappa shape index (κ3) is 4.25. The summed E-state index contributed by atoms with van der Waals surface area (Å²) in [6.07, 6.45) is 6.48. The van der Waals surface area contributed by atoms with Crippen molar-refractivity contribution in [2.45, 2.75) is 38.5 Å². The number of rotatable bonds is 4. The molecule has 0 spiro atoms.